The van der Waals surface area contributed by atoms with Crippen LogP contribution in [0.5, 0.6) is 0 Å². The average molecular weight is 345 g/mol. The summed E-state index contributed by atoms with van der Waals surface area (Å²) < 4.78 is 16.3. The molecule has 1 saturated heterocycles. The highest BCUT2D eigenvalue weighted by molar-refractivity contribution is 6.06. The Bertz CT molecular complexity index is 748. The summed E-state index contributed by atoms with van der Waals surface area (Å²) in [6.45, 7) is 0.992. The lowest BCUT2D eigenvalue weighted by atomic mass is 10.0. The molecule has 1 fully saturated rings. The minimum Gasteiger partial charge on any atom is -0.481 e. The third kappa shape index (κ3) is 4.52. The van der Waals surface area contributed by atoms with Crippen LogP contribution in [0.1, 0.15) is 41.6 Å². The Balaban J connectivity index is 1.73. The quantitative estimate of drug-likeness (QED) is 0.608. The van der Waals surface area contributed by atoms with E-state index in [4.69, 9.17) is 19.1 Å². The normalized spacial score (nSPS) is 17.4. The van der Waals surface area contributed by atoms with Crippen molar-refractivity contribution in [3.8, 4) is 11.3 Å². The predicted octanol–water partition coefficient (Wildman–Crippen LogP) is 3.04. The smallest absolute Gasteiger partial charge is 0.311 e. The maximum absolute atomic E-state index is 11.9. The molecule has 2 heterocycles. The van der Waals surface area contributed by atoms with Crippen LogP contribution in [0.2, 0.25) is 0 Å². The van der Waals surface area contributed by atoms with Crippen LogP contribution in [0.15, 0.2) is 35.1 Å². The van der Waals surface area contributed by atoms with Crippen molar-refractivity contribution in [2.45, 2.75) is 38.6 Å². The number of carbonyl (C=O) groups is 2. The molecule has 0 spiro atoms. The minimum absolute atomic E-state index is 0.222. The Morgan fingerprint density at radius 3 is 2.96 bits per heavy atom. The number of hydrogen-bond donors (Lipinski definition) is 1. The van der Waals surface area contributed by atoms with Crippen molar-refractivity contribution < 1.29 is 28.7 Å². The minimum atomic E-state index is -1.15. The molecule has 3 rings (SSSR count). The van der Waals surface area contributed by atoms with Gasteiger partial charge in [0.2, 0.25) is 0 Å². The fourth-order valence-electron chi connectivity index (χ4n) is 2.70. The highest BCUT2D eigenvalue weighted by Crippen LogP contribution is 2.25. The third-order valence-electron chi connectivity index (χ3n) is 3.98. The second-order valence-corrected chi connectivity index (χ2v) is 5.87. The molecule has 0 bridgehead atoms. The number of carboxylic acids is 1. The second-order valence-electron chi connectivity index (χ2n) is 5.87. The van der Waals surface area contributed by atoms with Gasteiger partial charge in [0.25, 0.3) is 0 Å². The van der Waals surface area contributed by atoms with E-state index in [2.05, 4.69) is 5.16 Å². The van der Waals surface area contributed by atoms with Crippen molar-refractivity contribution in [3.05, 3.63) is 41.7 Å². The van der Waals surface area contributed by atoms with Crippen molar-refractivity contribution >= 4 is 11.8 Å². The van der Waals surface area contributed by atoms with Gasteiger partial charge in [0.15, 0.2) is 12.1 Å². The lowest BCUT2D eigenvalue weighted by Crippen LogP contribution is -2.22. The van der Waals surface area contributed by atoms with Gasteiger partial charge in [0.1, 0.15) is 18.4 Å². The number of aliphatic carboxylic acids is 1. The van der Waals surface area contributed by atoms with E-state index in [1.807, 2.05) is 0 Å². The van der Waals surface area contributed by atoms with Gasteiger partial charge in [-0.3, -0.25) is 9.59 Å². The van der Waals surface area contributed by atoms with Crippen LogP contribution in [-0.2, 0) is 20.9 Å². The largest absolute Gasteiger partial charge is 0.481 e. The third-order valence-corrected chi connectivity index (χ3v) is 3.98. The summed E-state index contributed by atoms with van der Waals surface area (Å²) >= 11 is 0. The molecule has 0 radical (unpaired) electrons. The molecule has 25 heavy (non-hydrogen) atoms. The Morgan fingerprint density at radius 1 is 1.32 bits per heavy atom. The van der Waals surface area contributed by atoms with Crippen molar-refractivity contribution in [2.24, 2.45) is 0 Å². The molecule has 1 aliphatic rings. The molecular weight excluding hydrogens is 326 g/mol. The molecule has 132 valence electrons. The fourth-order valence-corrected chi connectivity index (χ4v) is 2.70. The van der Waals surface area contributed by atoms with Crippen LogP contribution < -0.4 is 0 Å². The second kappa shape index (κ2) is 8.04. The Morgan fingerprint density at radius 2 is 2.20 bits per heavy atom. The van der Waals surface area contributed by atoms with Gasteiger partial charge < -0.3 is 19.1 Å². The van der Waals surface area contributed by atoms with E-state index >= 15 is 0 Å². The fraction of sp³-hybridized carbons (Fsp3) is 0.389. The van der Waals surface area contributed by atoms with E-state index in [9.17, 15) is 9.59 Å². The maximum atomic E-state index is 11.9. The summed E-state index contributed by atoms with van der Waals surface area (Å²) in [6, 6.07) is 6.68. The molecule has 7 heteroatoms. The van der Waals surface area contributed by atoms with Crippen molar-refractivity contribution in [1.82, 2.24) is 5.16 Å². The Labute approximate surface area is 144 Å². The van der Waals surface area contributed by atoms with E-state index in [0.717, 1.165) is 24.8 Å². The van der Waals surface area contributed by atoms with E-state index < -0.39 is 18.2 Å². The number of carboxylic acid groups (broad SMARTS) is 1. The number of carbonyl (C=O) groups excluding carboxylic acids is 1. The number of benzene rings is 1. The Kier molecular flexibility index (Phi) is 5.57. The van der Waals surface area contributed by atoms with Crippen molar-refractivity contribution in [3.63, 3.8) is 0 Å². The zero-order chi connectivity index (χ0) is 17.6. The highest BCUT2D eigenvalue weighted by atomic mass is 16.7. The van der Waals surface area contributed by atoms with Crippen LogP contribution in [0.4, 0.5) is 0 Å². The molecule has 1 unspecified atom stereocenters. The number of nitrogens with zero attached hydrogens (tertiary/aromatic N) is 1. The zero-order valence-corrected chi connectivity index (χ0v) is 13.6. The summed E-state index contributed by atoms with van der Waals surface area (Å²) in [4.78, 5) is 22.6. The number of hydrogen-bond acceptors (Lipinski definition) is 6. The SMILES string of the molecule is O=C(O)CC(=O)c1cccc(-c2nocc2COC2CCCCO2)c1. The van der Waals surface area contributed by atoms with Crippen LogP contribution in [-0.4, -0.2) is 34.9 Å². The molecule has 7 nitrogen and oxygen atoms in total. The molecule has 1 N–H and O–H groups in total. The van der Waals surface area contributed by atoms with E-state index in [1.54, 1.807) is 24.3 Å². The van der Waals surface area contributed by atoms with E-state index in [0.29, 0.717) is 23.4 Å². The number of ether oxygens (including phenoxy) is 2. The standard InChI is InChI=1S/C18H19NO6/c20-15(9-16(21)22)12-4-3-5-13(8-12)18-14(11-25-19-18)10-24-17-6-1-2-7-23-17/h3-5,8,11,17H,1-2,6-7,9-10H2,(H,21,22). The van der Waals surface area contributed by atoms with Gasteiger partial charge in [-0.25, -0.2) is 0 Å². The van der Waals surface area contributed by atoms with Gasteiger partial charge in [0, 0.05) is 23.3 Å². The van der Waals surface area contributed by atoms with Gasteiger partial charge in [-0.15, -0.1) is 0 Å². The van der Waals surface area contributed by atoms with E-state index in [1.165, 1.54) is 6.26 Å². The molecule has 1 atom stereocenters. The molecule has 1 aliphatic heterocycles. The van der Waals surface area contributed by atoms with Crippen LogP contribution >= 0.6 is 0 Å². The summed E-state index contributed by atoms with van der Waals surface area (Å²) in [5.41, 5.74) is 2.32. The van der Waals surface area contributed by atoms with E-state index in [-0.39, 0.29) is 12.9 Å². The number of rotatable bonds is 7. The summed E-state index contributed by atoms with van der Waals surface area (Å²) in [5.74, 6) is -1.61. The predicted molar refractivity (Wildman–Crippen MR) is 86.9 cm³/mol. The highest BCUT2D eigenvalue weighted by Gasteiger charge is 2.18. The molecular formula is C18H19NO6. The molecule has 0 saturated carbocycles. The number of Topliss-reactive ketones (excluding diaryl/α,β-unsaturated/α-hetero) is 1. The number of aromatic nitrogens is 1. The molecule has 1 aromatic heterocycles. The van der Waals surface area contributed by atoms with Gasteiger partial charge in [-0.05, 0) is 25.3 Å². The number of ketones is 1. The lowest BCUT2D eigenvalue weighted by molar-refractivity contribution is -0.168. The topological polar surface area (TPSA) is 98.9 Å². The first kappa shape index (κ1) is 17.3. The monoisotopic (exact) mass is 345 g/mol. The Hall–Kier alpha value is -2.51. The summed E-state index contributed by atoms with van der Waals surface area (Å²) in [7, 11) is 0. The average Bonchev–Trinajstić information content (AvgIpc) is 3.09. The van der Waals surface area contributed by atoms with Crippen LogP contribution in [0.25, 0.3) is 11.3 Å². The summed E-state index contributed by atoms with van der Waals surface area (Å²) in [6.07, 6.45) is 3.73. The first-order valence-electron chi connectivity index (χ1n) is 8.15. The van der Waals surface area contributed by atoms with Crippen LogP contribution in [0.3, 0.4) is 0 Å². The maximum Gasteiger partial charge on any atom is 0.311 e. The van der Waals surface area contributed by atoms with Gasteiger partial charge in [0.05, 0.1) is 6.61 Å². The van der Waals surface area contributed by atoms with Crippen molar-refractivity contribution in [1.29, 1.82) is 0 Å². The molecule has 0 aliphatic carbocycles. The van der Waals surface area contributed by atoms with Gasteiger partial charge >= 0.3 is 5.97 Å². The van der Waals surface area contributed by atoms with Crippen molar-refractivity contribution in [2.75, 3.05) is 6.61 Å². The summed E-state index contributed by atoms with van der Waals surface area (Å²) in [5, 5.41) is 12.7. The van der Waals surface area contributed by atoms with Gasteiger partial charge in [-0.1, -0.05) is 23.4 Å². The first-order chi connectivity index (χ1) is 12.1. The first-order valence-corrected chi connectivity index (χ1v) is 8.15. The molecule has 2 aromatic rings. The van der Waals surface area contributed by atoms with Crippen LogP contribution in [0, 0.1) is 0 Å². The molecule has 1 aromatic carbocycles. The van der Waals surface area contributed by atoms with Gasteiger partial charge in [-0.2, -0.15) is 0 Å². The zero-order valence-electron chi connectivity index (χ0n) is 13.6. The lowest BCUT2D eigenvalue weighted by Gasteiger charge is -2.22. The molecule has 0 amide bonds.